The molecule has 19 heavy (non-hydrogen) atoms. The number of hydrogen-bond donors (Lipinski definition) is 1. The van der Waals surface area contributed by atoms with Crippen LogP contribution < -0.4 is 5.32 Å². The van der Waals surface area contributed by atoms with E-state index in [-0.39, 0.29) is 0 Å². The Balaban J connectivity index is 1.75. The van der Waals surface area contributed by atoms with Crippen LogP contribution in [0.15, 0.2) is 0 Å². The molecule has 1 aliphatic carbocycles. The van der Waals surface area contributed by atoms with Crippen LogP contribution in [0.1, 0.15) is 65.7 Å². The van der Waals surface area contributed by atoms with E-state index in [4.69, 9.17) is 0 Å². The molecule has 1 saturated heterocycles. The van der Waals surface area contributed by atoms with Crippen molar-refractivity contribution in [1.29, 1.82) is 0 Å². The van der Waals surface area contributed by atoms with Crippen LogP contribution in [0.25, 0.3) is 0 Å². The summed E-state index contributed by atoms with van der Waals surface area (Å²) in [4.78, 5) is 13.7. The minimum atomic E-state index is 0.343. The van der Waals surface area contributed by atoms with Crippen molar-refractivity contribution in [3.8, 4) is 0 Å². The predicted molar refractivity (Wildman–Crippen MR) is 79.1 cm³/mol. The van der Waals surface area contributed by atoms with Gasteiger partial charge in [-0.2, -0.15) is 0 Å². The van der Waals surface area contributed by atoms with Crippen molar-refractivity contribution >= 4 is 5.91 Å². The molecule has 3 nitrogen and oxygen atoms in total. The second-order valence-electron chi connectivity index (χ2n) is 7.30. The van der Waals surface area contributed by atoms with E-state index in [1.807, 2.05) is 4.90 Å². The zero-order chi connectivity index (χ0) is 13.9. The summed E-state index contributed by atoms with van der Waals surface area (Å²) in [7, 11) is 0. The number of carbonyl (C=O) groups is 1. The summed E-state index contributed by atoms with van der Waals surface area (Å²) in [5, 5.41) is 3.75. The lowest BCUT2D eigenvalue weighted by molar-refractivity contribution is -0.128. The monoisotopic (exact) mass is 266 g/mol. The molecule has 2 fully saturated rings. The molecule has 1 saturated carbocycles. The van der Waals surface area contributed by atoms with Crippen LogP contribution in [0.4, 0.5) is 0 Å². The standard InChI is InChI=1S/C16H30N2O/c1-13(12-18-11-5-7-15(18)19)17-14-6-4-9-16(2,3)10-8-14/h13-14,17H,4-12H2,1-3H3. The number of hydrogen-bond acceptors (Lipinski definition) is 2. The highest BCUT2D eigenvalue weighted by atomic mass is 16.2. The number of carbonyl (C=O) groups excluding carboxylic acids is 1. The Kier molecular flexibility index (Phi) is 4.88. The van der Waals surface area contributed by atoms with Gasteiger partial charge in [0.05, 0.1) is 0 Å². The Hall–Kier alpha value is -0.570. The fourth-order valence-corrected chi connectivity index (χ4v) is 3.51. The SMILES string of the molecule is CC(CN1CCCC1=O)NC1CCCC(C)(C)CC1. The summed E-state index contributed by atoms with van der Waals surface area (Å²) in [6.07, 6.45) is 8.38. The Morgan fingerprint density at radius 2 is 2.11 bits per heavy atom. The van der Waals surface area contributed by atoms with Gasteiger partial charge in [0, 0.05) is 31.6 Å². The van der Waals surface area contributed by atoms with Crippen molar-refractivity contribution < 1.29 is 4.79 Å². The molecular formula is C16H30N2O. The Bertz CT molecular complexity index is 314. The second-order valence-corrected chi connectivity index (χ2v) is 7.30. The van der Waals surface area contributed by atoms with Crippen molar-refractivity contribution in [3.63, 3.8) is 0 Å². The van der Waals surface area contributed by atoms with Crippen molar-refractivity contribution in [2.45, 2.75) is 77.8 Å². The second kappa shape index (κ2) is 6.25. The van der Waals surface area contributed by atoms with Gasteiger partial charge in [-0.15, -0.1) is 0 Å². The van der Waals surface area contributed by atoms with Crippen LogP contribution in [-0.4, -0.2) is 36.0 Å². The molecule has 0 bridgehead atoms. The predicted octanol–water partition coefficient (Wildman–Crippen LogP) is 2.95. The molecule has 3 heteroatoms. The summed E-state index contributed by atoms with van der Waals surface area (Å²) >= 11 is 0. The largest absolute Gasteiger partial charge is 0.341 e. The molecule has 1 N–H and O–H groups in total. The fourth-order valence-electron chi connectivity index (χ4n) is 3.51. The molecule has 1 heterocycles. The first-order valence-electron chi connectivity index (χ1n) is 8.00. The smallest absolute Gasteiger partial charge is 0.222 e. The Morgan fingerprint density at radius 1 is 1.32 bits per heavy atom. The van der Waals surface area contributed by atoms with Gasteiger partial charge in [0.1, 0.15) is 0 Å². The first-order valence-corrected chi connectivity index (χ1v) is 8.00. The number of amides is 1. The third-order valence-electron chi connectivity index (χ3n) is 4.76. The van der Waals surface area contributed by atoms with Gasteiger partial charge in [0.2, 0.25) is 5.91 Å². The molecule has 2 unspecified atom stereocenters. The average molecular weight is 266 g/mol. The zero-order valence-electron chi connectivity index (χ0n) is 12.9. The average Bonchev–Trinajstić information content (AvgIpc) is 2.63. The van der Waals surface area contributed by atoms with E-state index in [0.717, 1.165) is 25.9 Å². The van der Waals surface area contributed by atoms with Crippen LogP contribution in [0, 0.1) is 5.41 Å². The topological polar surface area (TPSA) is 32.3 Å². The van der Waals surface area contributed by atoms with Gasteiger partial charge in [0.15, 0.2) is 0 Å². The summed E-state index contributed by atoms with van der Waals surface area (Å²) in [5.74, 6) is 0.343. The minimum Gasteiger partial charge on any atom is -0.341 e. The van der Waals surface area contributed by atoms with Crippen molar-refractivity contribution in [3.05, 3.63) is 0 Å². The van der Waals surface area contributed by atoms with E-state index in [9.17, 15) is 4.79 Å². The maximum absolute atomic E-state index is 11.6. The quantitative estimate of drug-likeness (QED) is 0.794. The highest BCUT2D eigenvalue weighted by Gasteiger charge is 2.26. The number of likely N-dealkylation sites (tertiary alicyclic amines) is 1. The molecule has 0 aromatic rings. The lowest BCUT2D eigenvalue weighted by Crippen LogP contribution is -2.44. The molecule has 1 aliphatic heterocycles. The molecule has 1 amide bonds. The summed E-state index contributed by atoms with van der Waals surface area (Å²) in [6, 6.07) is 1.07. The van der Waals surface area contributed by atoms with Crippen molar-refractivity contribution in [2.24, 2.45) is 5.41 Å². The number of nitrogens with one attached hydrogen (secondary N) is 1. The van der Waals surface area contributed by atoms with Crippen molar-refractivity contribution in [1.82, 2.24) is 10.2 Å². The lowest BCUT2D eigenvalue weighted by atomic mass is 9.85. The van der Waals surface area contributed by atoms with Gasteiger partial charge in [-0.25, -0.2) is 0 Å². The van der Waals surface area contributed by atoms with Crippen LogP contribution in [0.5, 0.6) is 0 Å². The van der Waals surface area contributed by atoms with Crippen LogP contribution >= 0.6 is 0 Å². The normalized spacial score (nSPS) is 29.3. The molecule has 0 aromatic carbocycles. The highest BCUT2D eigenvalue weighted by molar-refractivity contribution is 5.78. The zero-order valence-corrected chi connectivity index (χ0v) is 12.9. The van der Waals surface area contributed by atoms with Crippen LogP contribution in [-0.2, 0) is 4.79 Å². The fraction of sp³-hybridized carbons (Fsp3) is 0.938. The van der Waals surface area contributed by atoms with Gasteiger partial charge < -0.3 is 10.2 Å². The van der Waals surface area contributed by atoms with Gasteiger partial charge >= 0.3 is 0 Å². The number of rotatable bonds is 4. The lowest BCUT2D eigenvalue weighted by Gasteiger charge is -2.27. The third kappa shape index (κ3) is 4.48. The molecule has 2 rings (SSSR count). The van der Waals surface area contributed by atoms with E-state index in [1.165, 1.54) is 32.1 Å². The number of nitrogens with zero attached hydrogens (tertiary/aromatic N) is 1. The van der Waals surface area contributed by atoms with Gasteiger partial charge in [-0.1, -0.05) is 20.3 Å². The van der Waals surface area contributed by atoms with E-state index >= 15 is 0 Å². The van der Waals surface area contributed by atoms with E-state index < -0.39 is 0 Å². The molecule has 0 spiro atoms. The van der Waals surface area contributed by atoms with Crippen LogP contribution in [0.2, 0.25) is 0 Å². The first kappa shape index (κ1) is 14.8. The Morgan fingerprint density at radius 3 is 2.79 bits per heavy atom. The van der Waals surface area contributed by atoms with Gasteiger partial charge in [0.25, 0.3) is 0 Å². The van der Waals surface area contributed by atoms with Gasteiger partial charge in [-0.05, 0) is 44.4 Å². The molecule has 110 valence electrons. The maximum Gasteiger partial charge on any atom is 0.222 e. The summed E-state index contributed by atoms with van der Waals surface area (Å²) < 4.78 is 0. The summed E-state index contributed by atoms with van der Waals surface area (Å²) in [5.41, 5.74) is 0.518. The summed E-state index contributed by atoms with van der Waals surface area (Å²) in [6.45, 7) is 8.85. The van der Waals surface area contributed by atoms with E-state index in [0.29, 0.717) is 23.4 Å². The first-order chi connectivity index (χ1) is 8.96. The third-order valence-corrected chi connectivity index (χ3v) is 4.76. The van der Waals surface area contributed by atoms with E-state index in [1.54, 1.807) is 0 Å². The highest BCUT2D eigenvalue weighted by Crippen LogP contribution is 2.33. The molecular weight excluding hydrogens is 236 g/mol. The van der Waals surface area contributed by atoms with Gasteiger partial charge in [-0.3, -0.25) is 4.79 Å². The molecule has 0 radical (unpaired) electrons. The van der Waals surface area contributed by atoms with Crippen LogP contribution in [0.3, 0.4) is 0 Å². The van der Waals surface area contributed by atoms with E-state index in [2.05, 4.69) is 26.1 Å². The Labute approximate surface area is 118 Å². The molecule has 2 atom stereocenters. The molecule has 2 aliphatic rings. The van der Waals surface area contributed by atoms with Crippen molar-refractivity contribution in [2.75, 3.05) is 13.1 Å². The minimum absolute atomic E-state index is 0.343. The maximum atomic E-state index is 11.6. The molecule has 0 aromatic heterocycles.